The Labute approximate surface area is 152 Å². The summed E-state index contributed by atoms with van der Waals surface area (Å²) in [6, 6.07) is 2.73. The molecule has 0 aliphatic carbocycles. The molecule has 4 rings (SSSR count). The molecular weight excluding hydrogens is 356 g/mol. The number of fused-ring (bicyclic) bond motifs is 2. The molecular formula is C18H15F2N5O2. The van der Waals surface area contributed by atoms with E-state index in [0.717, 1.165) is 0 Å². The summed E-state index contributed by atoms with van der Waals surface area (Å²) >= 11 is 0. The van der Waals surface area contributed by atoms with Gasteiger partial charge in [0, 0.05) is 31.0 Å². The van der Waals surface area contributed by atoms with Crippen LogP contribution in [0.2, 0.25) is 0 Å². The van der Waals surface area contributed by atoms with Crippen LogP contribution in [0.3, 0.4) is 0 Å². The maximum absolute atomic E-state index is 14.7. The van der Waals surface area contributed by atoms with Gasteiger partial charge in [0.15, 0.2) is 11.4 Å². The molecule has 0 aliphatic rings. The zero-order valence-electron chi connectivity index (χ0n) is 14.7. The van der Waals surface area contributed by atoms with Crippen LogP contribution in [0.15, 0.2) is 30.7 Å². The monoisotopic (exact) mass is 371 g/mol. The van der Waals surface area contributed by atoms with Crippen molar-refractivity contribution in [2.24, 2.45) is 7.05 Å². The van der Waals surface area contributed by atoms with Crippen molar-refractivity contribution < 1.29 is 18.3 Å². The topological polar surface area (TPSA) is 73.5 Å². The highest BCUT2D eigenvalue weighted by Gasteiger charge is 2.22. The fourth-order valence-corrected chi connectivity index (χ4v) is 3.07. The number of hydrogen-bond donors (Lipinski definition) is 1. The number of nitrogens with zero attached hydrogens (tertiary/aromatic N) is 4. The Hall–Kier alpha value is -3.49. The summed E-state index contributed by atoms with van der Waals surface area (Å²) in [4.78, 5) is 16.9. The van der Waals surface area contributed by atoms with Crippen LogP contribution >= 0.6 is 0 Å². The van der Waals surface area contributed by atoms with Crippen LogP contribution in [0, 0.1) is 18.6 Å². The molecule has 4 aromatic rings. The van der Waals surface area contributed by atoms with Gasteiger partial charge >= 0.3 is 0 Å². The van der Waals surface area contributed by atoms with E-state index in [1.807, 2.05) is 0 Å². The highest BCUT2D eigenvalue weighted by molar-refractivity contribution is 6.12. The molecule has 0 spiro atoms. The van der Waals surface area contributed by atoms with Gasteiger partial charge in [-0.1, -0.05) is 0 Å². The SMILES string of the molecule is COc1c(NC(=O)c2c(F)ccc3cn(C)nc23)cn2cc(C)nc2c1F. The number of aromatic nitrogens is 4. The lowest BCUT2D eigenvalue weighted by atomic mass is 10.1. The van der Waals surface area contributed by atoms with Crippen LogP contribution in [0.25, 0.3) is 16.6 Å². The second kappa shape index (κ2) is 6.04. The van der Waals surface area contributed by atoms with Crippen molar-refractivity contribution in [3.8, 4) is 5.75 Å². The summed E-state index contributed by atoms with van der Waals surface area (Å²) < 4.78 is 37.1. The number of ether oxygens (including phenoxy) is 1. The standard InChI is InChI=1S/C18H15F2N5O2/c1-9-6-25-8-12(16(27-3)14(20)17(25)21-9)22-18(26)13-11(19)5-4-10-7-24(2)23-15(10)13/h4-8H,1-3H3,(H,22,26). The highest BCUT2D eigenvalue weighted by Crippen LogP contribution is 2.31. The Balaban J connectivity index is 1.83. The minimum Gasteiger partial charge on any atom is -0.491 e. The first-order valence-corrected chi connectivity index (χ1v) is 8.04. The number of methoxy groups -OCH3 is 1. The Bertz CT molecular complexity index is 1210. The molecule has 0 saturated heterocycles. The number of benzene rings is 1. The highest BCUT2D eigenvalue weighted by atomic mass is 19.1. The largest absolute Gasteiger partial charge is 0.491 e. The van der Waals surface area contributed by atoms with Crippen LogP contribution in [0.5, 0.6) is 5.75 Å². The van der Waals surface area contributed by atoms with Gasteiger partial charge in [-0.05, 0) is 19.1 Å². The van der Waals surface area contributed by atoms with E-state index in [9.17, 15) is 13.6 Å². The van der Waals surface area contributed by atoms with Crippen LogP contribution < -0.4 is 10.1 Å². The van der Waals surface area contributed by atoms with E-state index in [1.54, 1.807) is 26.4 Å². The number of aryl methyl sites for hydroxylation is 2. The number of halogens is 2. The second-order valence-electron chi connectivity index (χ2n) is 6.12. The minimum atomic E-state index is -0.759. The molecule has 0 unspecified atom stereocenters. The molecule has 3 aromatic heterocycles. The minimum absolute atomic E-state index is 0.0530. The molecule has 9 heteroatoms. The van der Waals surface area contributed by atoms with Gasteiger partial charge in [-0.25, -0.2) is 9.37 Å². The van der Waals surface area contributed by atoms with Crippen molar-refractivity contribution in [3.63, 3.8) is 0 Å². The third-order valence-electron chi connectivity index (χ3n) is 4.18. The van der Waals surface area contributed by atoms with E-state index in [-0.39, 0.29) is 28.2 Å². The number of hydrogen-bond acceptors (Lipinski definition) is 4. The fraction of sp³-hybridized carbons (Fsp3) is 0.167. The lowest BCUT2D eigenvalue weighted by Crippen LogP contribution is -2.16. The number of nitrogens with one attached hydrogen (secondary N) is 1. The molecule has 1 aromatic carbocycles. The van der Waals surface area contributed by atoms with Crippen molar-refractivity contribution in [1.29, 1.82) is 0 Å². The molecule has 0 radical (unpaired) electrons. The van der Waals surface area contributed by atoms with Crippen molar-refractivity contribution in [2.75, 3.05) is 12.4 Å². The Kier molecular flexibility index (Phi) is 3.79. The lowest BCUT2D eigenvalue weighted by Gasteiger charge is -2.12. The maximum atomic E-state index is 14.7. The molecule has 7 nitrogen and oxygen atoms in total. The van der Waals surface area contributed by atoms with Gasteiger partial charge in [0.1, 0.15) is 22.6 Å². The van der Waals surface area contributed by atoms with E-state index in [0.29, 0.717) is 11.1 Å². The molecule has 1 amide bonds. The average molecular weight is 371 g/mol. The zero-order chi connectivity index (χ0) is 19.3. The first-order chi connectivity index (χ1) is 12.9. The number of rotatable bonds is 3. The van der Waals surface area contributed by atoms with Gasteiger partial charge in [-0.15, -0.1) is 0 Å². The Morgan fingerprint density at radius 2 is 2.00 bits per heavy atom. The van der Waals surface area contributed by atoms with Crippen molar-refractivity contribution in [3.05, 3.63) is 53.6 Å². The quantitative estimate of drug-likeness (QED) is 0.601. The number of anilines is 1. The second-order valence-corrected chi connectivity index (χ2v) is 6.12. The van der Waals surface area contributed by atoms with Crippen LogP contribution in [-0.4, -0.2) is 32.2 Å². The lowest BCUT2D eigenvalue weighted by molar-refractivity contribution is 0.102. The summed E-state index contributed by atoms with van der Waals surface area (Å²) in [5.74, 6) is -2.39. The number of pyridine rings is 1. The zero-order valence-corrected chi connectivity index (χ0v) is 14.7. The van der Waals surface area contributed by atoms with Gasteiger partial charge in [-0.3, -0.25) is 9.48 Å². The molecule has 1 N–H and O–H groups in total. The van der Waals surface area contributed by atoms with Crippen molar-refractivity contribution in [2.45, 2.75) is 6.92 Å². The fourth-order valence-electron chi connectivity index (χ4n) is 3.07. The average Bonchev–Trinajstić information content (AvgIpc) is 3.16. The molecule has 27 heavy (non-hydrogen) atoms. The van der Waals surface area contributed by atoms with Gasteiger partial charge in [0.2, 0.25) is 5.82 Å². The van der Waals surface area contributed by atoms with Gasteiger partial charge < -0.3 is 14.5 Å². The first-order valence-electron chi connectivity index (χ1n) is 8.04. The molecule has 0 saturated carbocycles. The predicted octanol–water partition coefficient (Wildman–Crippen LogP) is 3.07. The molecule has 3 heterocycles. The van der Waals surface area contributed by atoms with E-state index in [1.165, 1.54) is 34.5 Å². The van der Waals surface area contributed by atoms with Crippen LogP contribution in [-0.2, 0) is 7.05 Å². The summed E-state index contributed by atoms with van der Waals surface area (Å²) in [6.07, 6.45) is 4.74. The predicted molar refractivity (Wildman–Crippen MR) is 95.1 cm³/mol. The Morgan fingerprint density at radius 3 is 2.74 bits per heavy atom. The molecule has 0 atom stereocenters. The summed E-state index contributed by atoms with van der Waals surface area (Å²) in [5.41, 5.74) is 0.716. The Morgan fingerprint density at radius 1 is 1.22 bits per heavy atom. The van der Waals surface area contributed by atoms with Crippen LogP contribution in [0.4, 0.5) is 14.5 Å². The maximum Gasteiger partial charge on any atom is 0.261 e. The third-order valence-corrected chi connectivity index (χ3v) is 4.18. The normalized spacial score (nSPS) is 11.3. The number of carbonyl (C=O) groups is 1. The molecule has 0 fully saturated rings. The third kappa shape index (κ3) is 2.67. The van der Waals surface area contributed by atoms with Crippen molar-refractivity contribution >= 4 is 28.1 Å². The van der Waals surface area contributed by atoms with E-state index in [2.05, 4.69) is 15.4 Å². The first kappa shape index (κ1) is 17.0. The van der Waals surface area contributed by atoms with Crippen molar-refractivity contribution in [1.82, 2.24) is 19.2 Å². The van der Waals surface area contributed by atoms with E-state index in [4.69, 9.17) is 4.74 Å². The van der Waals surface area contributed by atoms with Gasteiger partial charge in [-0.2, -0.15) is 9.49 Å². The van der Waals surface area contributed by atoms with Crippen LogP contribution in [0.1, 0.15) is 16.1 Å². The number of carbonyl (C=O) groups excluding carboxylic acids is 1. The molecule has 0 aliphatic heterocycles. The van der Waals surface area contributed by atoms with E-state index >= 15 is 0 Å². The number of imidazole rings is 1. The smallest absolute Gasteiger partial charge is 0.261 e. The van der Waals surface area contributed by atoms with Gasteiger partial charge in [0.25, 0.3) is 5.91 Å². The molecule has 0 bridgehead atoms. The van der Waals surface area contributed by atoms with Gasteiger partial charge in [0.05, 0.1) is 12.8 Å². The van der Waals surface area contributed by atoms with E-state index < -0.39 is 17.5 Å². The summed E-state index contributed by atoms with van der Waals surface area (Å²) in [7, 11) is 2.95. The number of amides is 1. The summed E-state index contributed by atoms with van der Waals surface area (Å²) in [5, 5.41) is 7.28. The summed E-state index contributed by atoms with van der Waals surface area (Å²) in [6.45, 7) is 1.72. The molecule has 138 valence electrons.